The average Bonchev–Trinajstić information content (AvgIpc) is 1.19. The molecule has 12 heteroatoms. The van der Waals surface area contributed by atoms with Crippen LogP contribution in [0.25, 0.3) is 0 Å². The largest absolute Gasteiger partial charge is 2.00 e. The molecular weight excluding hydrogens is 255 g/mol. The van der Waals surface area contributed by atoms with Crippen LogP contribution in [0.1, 0.15) is 0 Å². The molecule has 0 aliphatic heterocycles. The monoisotopic (exact) mass is 258 g/mol. The van der Waals surface area contributed by atoms with Gasteiger partial charge in [0.2, 0.25) is 16.6 Å². The van der Waals surface area contributed by atoms with E-state index in [0.717, 1.165) is 0 Å². The van der Waals surface area contributed by atoms with Crippen LogP contribution in [0.4, 0.5) is 4.79 Å². The van der Waals surface area contributed by atoms with E-state index in [0.29, 0.717) is 0 Å². The average molecular weight is 259 g/mol. The number of halogens is 1. The van der Waals surface area contributed by atoms with E-state index in [9.17, 15) is 0 Å². The fourth-order valence-electron chi connectivity index (χ4n) is 0. The Morgan fingerprint density at radius 1 is 1.31 bits per heavy atom. The quantitative estimate of drug-likeness (QED) is 0.247. The molecule has 0 aromatic heterocycles. The Hall–Kier alpha value is 1.16. The number of carbonyl (C=O) groups is 1. The second-order valence-electron chi connectivity index (χ2n) is 0.694. The molecular formula is CH4ClMgNaO8S. The van der Waals surface area contributed by atoms with Crippen LogP contribution in [0.5, 0.6) is 0 Å². The van der Waals surface area contributed by atoms with Crippen molar-refractivity contribution in [3.05, 3.63) is 0 Å². The zero-order chi connectivity index (χ0) is 8.08. The first-order chi connectivity index (χ1) is 3.73. The van der Waals surface area contributed by atoms with E-state index >= 15 is 0 Å². The van der Waals surface area contributed by atoms with Gasteiger partial charge >= 0.3 is 52.6 Å². The van der Waals surface area contributed by atoms with Gasteiger partial charge in [0.1, 0.15) is 0 Å². The van der Waals surface area contributed by atoms with E-state index < -0.39 is 16.6 Å². The van der Waals surface area contributed by atoms with Crippen LogP contribution in [0.3, 0.4) is 0 Å². The first kappa shape index (κ1) is 36.8. The zero-order valence-electron chi connectivity index (χ0n) is 6.43. The number of carboxylic acid groups (broad SMARTS) is 2. The molecule has 4 N–H and O–H groups in total. The third-order valence-corrected chi connectivity index (χ3v) is 0. The molecule has 0 aromatic carbocycles. The van der Waals surface area contributed by atoms with Gasteiger partial charge in [-0.05, 0) is 0 Å². The Kier molecular flexibility index (Phi) is 53.4. The summed E-state index contributed by atoms with van der Waals surface area (Å²) in [6.45, 7) is 0. The van der Waals surface area contributed by atoms with Crippen LogP contribution in [-0.2, 0) is 10.4 Å². The standard InChI is InChI=1S/CH2O3.ClH.Mg.Na.H2O4S.H2O/c2-1(3)4;;;;1-5(2,3)4;/h(H2,2,3,4);1H;;;(H2,1,2,3,4);1H2/q;;+2;+1;;/p-3. The summed E-state index contributed by atoms with van der Waals surface area (Å²) >= 11 is 0. The van der Waals surface area contributed by atoms with E-state index in [1.165, 1.54) is 0 Å². The summed E-state index contributed by atoms with van der Waals surface area (Å²) in [5.41, 5.74) is 0. The van der Waals surface area contributed by atoms with E-state index in [4.69, 9.17) is 32.5 Å². The van der Waals surface area contributed by atoms with Crippen LogP contribution in [0.2, 0.25) is 0 Å². The Labute approximate surface area is 118 Å². The molecule has 0 unspecified atom stereocenters. The van der Waals surface area contributed by atoms with E-state index in [2.05, 4.69) is 0 Å². The molecule has 8 nitrogen and oxygen atoms in total. The van der Waals surface area contributed by atoms with Gasteiger partial charge in [-0.3, -0.25) is 4.55 Å². The van der Waals surface area contributed by atoms with Crippen molar-refractivity contribution in [1.82, 2.24) is 0 Å². The van der Waals surface area contributed by atoms with Gasteiger partial charge in [-0.2, -0.15) is 0 Å². The number of hydrogen-bond donors (Lipinski definition) is 2. The summed E-state index contributed by atoms with van der Waals surface area (Å²) in [4.78, 5) is 8.44. The molecule has 0 aliphatic rings. The SMILES string of the molecule is O.O=C([O-])O.O=S(=O)([O-])O.[Cl-].[Mg+2].[Na+]. The molecule has 0 aliphatic carbocycles. The Morgan fingerprint density at radius 2 is 1.31 bits per heavy atom. The summed E-state index contributed by atoms with van der Waals surface area (Å²) in [6.07, 6.45) is -2.08. The molecule has 0 heterocycles. The molecule has 0 aromatic rings. The maximum absolute atomic E-state index is 8.63. The van der Waals surface area contributed by atoms with Gasteiger partial charge < -0.3 is 37.4 Å². The van der Waals surface area contributed by atoms with Gasteiger partial charge in [-0.25, -0.2) is 8.42 Å². The topological polar surface area (TPSA) is 169 Å². The molecule has 0 atom stereocenters. The van der Waals surface area contributed by atoms with Crippen molar-refractivity contribution in [3.63, 3.8) is 0 Å². The van der Waals surface area contributed by atoms with Gasteiger partial charge in [0.05, 0.1) is 0 Å². The van der Waals surface area contributed by atoms with Crippen molar-refractivity contribution >= 4 is 39.6 Å². The molecule has 72 valence electrons. The van der Waals surface area contributed by atoms with E-state index in [1.807, 2.05) is 0 Å². The first-order valence-corrected chi connectivity index (χ1v) is 2.68. The minimum absolute atomic E-state index is 0. The summed E-state index contributed by atoms with van der Waals surface area (Å²) < 4.78 is 32.8. The maximum atomic E-state index is 8.63. The maximum Gasteiger partial charge on any atom is 2.00 e. The van der Waals surface area contributed by atoms with Crippen LogP contribution in [0.15, 0.2) is 0 Å². The number of hydrogen-bond acceptors (Lipinski definition) is 5. The second kappa shape index (κ2) is 18.8. The van der Waals surface area contributed by atoms with Crippen molar-refractivity contribution in [1.29, 1.82) is 0 Å². The van der Waals surface area contributed by atoms with Crippen molar-refractivity contribution in [2.75, 3.05) is 0 Å². The molecule has 0 fully saturated rings. The van der Waals surface area contributed by atoms with Gasteiger partial charge in [0.15, 0.2) is 0 Å². The third-order valence-electron chi connectivity index (χ3n) is 0. The van der Waals surface area contributed by atoms with Crippen molar-refractivity contribution in [2.45, 2.75) is 0 Å². The van der Waals surface area contributed by atoms with Gasteiger partial charge in [0, 0.05) is 0 Å². The van der Waals surface area contributed by atoms with Crippen LogP contribution >= 0.6 is 0 Å². The van der Waals surface area contributed by atoms with Gasteiger partial charge in [0.25, 0.3) is 0 Å². The molecule has 0 radical (unpaired) electrons. The third kappa shape index (κ3) is 1220. The van der Waals surface area contributed by atoms with Crippen LogP contribution in [-0.4, -0.2) is 57.3 Å². The summed E-state index contributed by atoms with van der Waals surface area (Å²) in [6, 6.07) is 0. The molecule has 0 spiro atoms. The van der Waals surface area contributed by atoms with E-state index in [-0.39, 0.29) is 70.5 Å². The van der Waals surface area contributed by atoms with Crippen molar-refractivity contribution < 1.29 is 80.0 Å². The Bertz CT molecular complexity index is 167. The smallest absolute Gasteiger partial charge is 1.00 e. The van der Waals surface area contributed by atoms with Gasteiger partial charge in [-0.1, -0.05) is 0 Å². The molecule has 0 rings (SSSR count). The molecule has 0 bridgehead atoms. The Morgan fingerprint density at radius 3 is 1.31 bits per heavy atom. The molecule has 0 amide bonds. The Balaban J connectivity index is -0.0000000146. The van der Waals surface area contributed by atoms with Crippen molar-refractivity contribution in [3.8, 4) is 0 Å². The van der Waals surface area contributed by atoms with Crippen LogP contribution in [0, 0.1) is 0 Å². The van der Waals surface area contributed by atoms with Crippen molar-refractivity contribution in [2.24, 2.45) is 0 Å². The first-order valence-electron chi connectivity index (χ1n) is 1.31. The normalized spacial score (nSPS) is 6.31. The minimum atomic E-state index is -4.92. The molecule has 0 saturated carbocycles. The molecule has 0 saturated heterocycles. The number of rotatable bonds is 0. The van der Waals surface area contributed by atoms with E-state index in [1.54, 1.807) is 0 Å². The predicted octanol–water partition coefficient (Wildman–Crippen LogP) is -9.31. The summed E-state index contributed by atoms with van der Waals surface area (Å²) in [7, 11) is -4.92. The zero-order valence-corrected chi connectivity index (χ0v) is 11.4. The summed E-state index contributed by atoms with van der Waals surface area (Å²) in [5.74, 6) is 0. The fraction of sp³-hybridized carbons (Fsp3) is 0. The van der Waals surface area contributed by atoms with Gasteiger partial charge in [-0.15, -0.1) is 0 Å². The van der Waals surface area contributed by atoms with Crippen LogP contribution < -0.4 is 47.1 Å². The minimum Gasteiger partial charge on any atom is -1.00 e. The predicted molar refractivity (Wildman–Crippen MR) is 29.7 cm³/mol. The summed E-state index contributed by atoms with van der Waals surface area (Å²) in [5, 5.41) is 15.3. The fourth-order valence-corrected chi connectivity index (χ4v) is 0. The molecule has 13 heavy (non-hydrogen) atoms. The second-order valence-corrected chi connectivity index (χ2v) is 1.55.